The summed E-state index contributed by atoms with van der Waals surface area (Å²) < 4.78 is 37.4. The zero-order valence-electron chi connectivity index (χ0n) is 8.86. The lowest BCUT2D eigenvalue weighted by Crippen LogP contribution is -2.09. The van der Waals surface area contributed by atoms with Crippen LogP contribution in [0.25, 0.3) is 5.69 Å². The van der Waals surface area contributed by atoms with E-state index in [0.717, 1.165) is 10.4 Å². The average molecular weight is 242 g/mol. The van der Waals surface area contributed by atoms with Crippen molar-refractivity contribution in [2.75, 3.05) is 5.73 Å². The summed E-state index contributed by atoms with van der Waals surface area (Å²) in [7, 11) is 0. The number of aromatic nitrogens is 3. The molecule has 0 saturated heterocycles. The van der Waals surface area contributed by atoms with Crippen LogP contribution in [0.15, 0.2) is 24.3 Å². The van der Waals surface area contributed by atoms with E-state index in [4.69, 9.17) is 5.73 Å². The molecule has 0 spiro atoms. The number of nitrogen functional groups attached to an aromatic ring is 1. The normalized spacial score (nSPS) is 11.8. The molecule has 0 radical (unpaired) electrons. The smallest absolute Gasteiger partial charge is 0.380 e. The summed E-state index contributed by atoms with van der Waals surface area (Å²) in [5.74, 6) is -0.626. The van der Waals surface area contributed by atoms with Crippen LogP contribution in [0.2, 0.25) is 0 Å². The van der Waals surface area contributed by atoms with Gasteiger partial charge in [0.15, 0.2) is 5.82 Å². The van der Waals surface area contributed by atoms with E-state index in [-0.39, 0.29) is 0 Å². The Balaban J connectivity index is 2.49. The minimum absolute atomic E-state index is 0.437. The summed E-state index contributed by atoms with van der Waals surface area (Å²) in [5.41, 5.74) is 5.35. The molecule has 1 aromatic carbocycles. The highest BCUT2D eigenvalue weighted by Crippen LogP contribution is 2.31. The molecule has 0 atom stereocenters. The number of nitrogens with two attached hydrogens (primary N) is 1. The highest BCUT2D eigenvalue weighted by atomic mass is 19.4. The summed E-state index contributed by atoms with van der Waals surface area (Å²) in [6, 6.07) is 6.80. The fourth-order valence-corrected chi connectivity index (χ4v) is 1.39. The van der Waals surface area contributed by atoms with Gasteiger partial charge in [-0.25, -0.2) is 0 Å². The second-order valence-corrected chi connectivity index (χ2v) is 3.56. The summed E-state index contributed by atoms with van der Waals surface area (Å²) >= 11 is 0. The number of anilines is 1. The van der Waals surface area contributed by atoms with Crippen molar-refractivity contribution >= 4 is 5.82 Å². The Kier molecular flexibility index (Phi) is 2.53. The fourth-order valence-electron chi connectivity index (χ4n) is 1.39. The second kappa shape index (κ2) is 3.76. The third kappa shape index (κ3) is 2.22. The lowest BCUT2D eigenvalue weighted by molar-refractivity contribution is -0.140. The van der Waals surface area contributed by atoms with Gasteiger partial charge in [-0.2, -0.15) is 13.2 Å². The molecule has 90 valence electrons. The molecular formula is C10H9F3N4. The number of hydrogen-bond acceptors (Lipinski definition) is 3. The first-order valence-corrected chi connectivity index (χ1v) is 4.75. The van der Waals surface area contributed by atoms with E-state index in [2.05, 4.69) is 10.2 Å². The summed E-state index contributed by atoms with van der Waals surface area (Å²) in [5, 5.41) is 6.90. The Morgan fingerprint density at radius 2 is 1.94 bits per heavy atom. The van der Waals surface area contributed by atoms with Gasteiger partial charge in [0.2, 0.25) is 5.69 Å². The first kappa shape index (κ1) is 11.4. The molecule has 2 N–H and O–H groups in total. The number of rotatable bonds is 1. The molecule has 1 heterocycles. The molecule has 0 aliphatic heterocycles. The topological polar surface area (TPSA) is 56.7 Å². The maximum absolute atomic E-state index is 12.5. The van der Waals surface area contributed by atoms with Gasteiger partial charge in [0.25, 0.3) is 0 Å². The van der Waals surface area contributed by atoms with Gasteiger partial charge in [-0.1, -0.05) is 12.1 Å². The molecule has 4 nitrogen and oxygen atoms in total. The SMILES string of the molecule is Cc1cccc(-n2nc(N)c(C(F)(F)F)n2)c1. The largest absolute Gasteiger partial charge is 0.438 e. The first-order valence-electron chi connectivity index (χ1n) is 4.75. The summed E-state index contributed by atoms with van der Waals surface area (Å²) in [6.45, 7) is 1.82. The molecule has 0 bridgehead atoms. The van der Waals surface area contributed by atoms with Crippen LogP contribution in [0.3, 0.4) is 0 Å². The highest BCUT2D eigenvalue weighted by molar-refractivity contribution is 5.39. The van der Waals surface area contributed by atoms with Crippen molar-refractivity contribution in [3.63, 3.8) is 0 Å². The van der Waals surface area contributed by atoms with Crippen molar-refractivity contribution < 1.29 is 13.2 Å². The monoisotopic (exact) mass is 242 g/mol. The second-order valence-electron chi connectivity index (χ2n) is 3.56. The van der Waals surface area contributed by atoms with Crippen LogP contribution in [0, 0.1) is 6.92 Å². The third-order valence-electron chi connectivity index (χ3n) is 2.14. The van der Waals surface area contributed by atoms with Crippen LogP contribution >= 0.6 is 0 Å². The predicted molar refractivity (Wildman–Crippen MR) is 55.5 cm³/mol. The van der Waals surface area contributed by atoms with Crippen molar-refractivity contribution in [2.45, 2.75) is 13.1 Å². The van der Waals surface area contributed by atoms with E-state index in [1.165, 1.54) is 0 Å². The molecule has 0 saturated carbocycles. The van der Waals surface area contributed by atoms with Gasteiger partial charge >= 0.3 is 6.18 Å². The molecule has 0 unspecified atom stereocenters. The minimum Gasteiger partial charge on any atom is -0.380 e. The molecule has 7 heteroatoms. The average Bonchev–Trinajstić information content (AvgIpc) is 2.60. The van der Waals surface area contributed by atoms with Gasteiger partial charge < -0.3 is 5.73 Å². The highest BCUT2D eigenvalue weighted by Gasteiger charge is 2.37. The Morgan fingerprint density at radius 1 is 1.24 bits per heavy atom. The van der Waals surface area contributed by atoms with E-state index in [1.807, 2.05) is 13.0 Å². The Labute approximate surface area is 94.9 Å². The molecule has 2 aromatic rings. The number of aryl methyl sites for hydroxylation is 1. The van der Waals surface area contributed by atoms with E-state index in [9.17, 15) is 13.2 Å². The lowest BCUT2D eigenvalue weighted by Gasteiger charge is -2.01. The number of alkyl halides is 3. The lowest BCUT2D eigenvalue weighted by atomic mass is 10.2. The van der Waals surface area contributed by atoms with Gasteiger partial charge in [0.1, 0.15) is 0 Å². The van der Waals surface area contributed by atoms with Crippen LogP contribution in [0.4, 0.5) is 19.0 Å². The van der Waals surface area contributed by atoms with Gasteiger partial charge in [-0.3, -0.25) is 0 Å². The van der Waals surface area contributed by atoms with Crippen LogP contribution in [-0.4, -0.2) is 15.0 Å². The van der Waals surface area contributed by atoms with E-state index in [0.29, 0.717) is 5.69 Å². The number of nitrogens with zero attached hydrogens (tertiary/aromatic N) is 3. The fraction of sp³-hybridized carbons (Fsp3) is 0.200. The Bertz CT molecular complexity index is 545. The molecule has 2 rings (SSSR count). The Morgan fingerprint density at radius 3 is 2.47 bits per heavy atom. The van der Waals surface area contributed by atoms with E-state index in [1.54, 1.807) is 18.2 Å². The van der Waals surface area contributed by atoms with Crippen LogP contribution in [0.5, 0.6) is 0 Å². The van der Waals surface area contributed by atoms with Gasteiger partial charge in [0.05, 0.1) is 5.69 Å². The van der Waals surface area contributed by atoms with Crippen molar-refractivity contribution in [2.24, 2.45) is 0 Å². The first-order chi connectivity index (χ1) is 7.88. The molecule has 0 fully saturated rings. The van der Waals surface area contributed by atoms with Crippen LogP contribution < -0.4 is 5.73 Å². The summed E-state index contributed by atoms with van der Waals surface area (Å²) in [6.07, 6.45) is -4.59. The Hall–Kier alpha value is -2.05. The maximum Gasteiger partial charge on any atom is 0.438 e. The van der Waals surface area contributed by atoms with Crippen molar-refractivity contribution in [3.8, 4) is 5.69 Å². The third-order valence-corrected chi connectivity index (χ3v) is 2.14. The number of halogens is 3. The molecule has 17 heavy (non-hydrogen) atoms. The molecule has 0 amide bonds. The predicted octanol–water partition coefficient (Wildman–Crippen LogP) is 2.18. The van der Waals surface area contributed by atoms with Crippen LogP contribution in [-0.2, 0) is 6.18 Å². The van der Waals surface area contributed by atoms with Crippen molar-refractivity contribution in [3.05, 3.63) is 35.5 Å². The van der Waals surface area contributed by atoms with Crippen molar-refractivity contribution in [1.82, 2.24) is 15.0 Å². The standard InChI is InChI=1S/C10H9F3N4/c1-6-3-2-4-7(5-6)17-15-8(9(14)16-17)10(11,12)13/h2-5H,1H3,(H2,14,16). The van der Waals surface area contributed by atoms with Crippen molar-refractivity contribution in [1.29, 1.82) is 0 Å². The molecule has 0 aliphatic rings. The number of hydrogen-bond donors (Lipinski definition) is 1. The van der Waals surface area contributed by atoms with Gasteiger partial charge in [-0.15, -0.1) is 15.0 Å². The van der Waals surface area contributed by atoms with E-state index >= 15 is 0 Å². The molecular weight excluding hydrogens is 233 g/mol. The van der Waals surface area contributed by atoms with Crippen LogP contribution in [0.1, 0.15) is 11.3 Å². The molecule has 1 aromatic heterocycles. The number of benzene rings is 1. The molecule has 0 aliphatic carbocycles. The zero-order valence-corrected chi connectivity index (χ0v) is 8.86. The minimum atomic E-state index is -4.59. The zero-order chi connectivity index (χ0) is 12.6. The summed E-state index contributed by atoms with van der Waals surface area (Å²) in [4.78, 5) is 0.880. The van der Waals surface area contributed by atoms with Gasteiger partial charge in [-0.05, 0) is 24.6 Å². The van der Waals surface area contributed by atoms with E-state index < -0.39 is 17.7 Å². The van der Waals surface area contributed by atoms with Gasteiger partial charge in [0, 0.05) is 0 Å². The maximum atomic E-state index is 12.5. The quantitative estimate of drug-likeness (QED) is 0.833.